The number of nitrogens with one attached hydrogen (secondary N) is 2. The number of hydrogen-bond acceptors (Lipinski definition) is 3. The number of nitrogens with zero attached hydrogens (tertiary/aromatic N) is 2. The highest BCUT2D eigenvalue weighted by Gasteiger charge is 2.27. The van der Waals surface area contributed by atoms with Gasteiger partial charge in [-0.1, -0.05) is 19.3 Å². The van der Waals surface area contributed by atoms with Crippen molar-refractivity contribution in [2.45, 2.75) is 57.4 Å². The van der Waals surface area contributed by atoms with Crippen LogP contribution in [0.4, 0.5) is 4.79 Å². The lowest BCUT2D eigenvalue weighted by Crippen LogP contribution is -2.50. The third-order valence-corrected chi connectivity index (χ3v) is 5.22. The molecular formula is C18H32N4O3. The molecule has 4 amide bonds. The minimum Gasteiger partial charge on any atom is -0.353 e. The van der Waals surface area contributed by atoms with Gasteiger partial charge >= 0.3 is 6.03 Å². The van der Waals surface area contributed by atoms with Crippen LogP contribution in [0.25, 0.3) is 0 Å². The van der Waals surface area contributed by atoms with Crippen molar-refractivity contribution in [3.63, 3.8) is 0 Å². The molecule has 0 radical (unpaired) electrons. The molecule has 1 heterocycles. The van der Waals surface area contributed by atoms with Gasteiger partial charge in [0, 0.05) is 52.1 Å². The van der Waals surface area contributed by atoms with Crippen LogP contribution in [0.2, 0.25) is 0 Å². The van der Waals surface area contributed by atoms with Crippen molar-refractivity contribution in [2.24, 2.45) is 5.92 Å². The van der Waals surface area contributed by atoms with Gasteiger partial charge in [-0.15, -0.1) is 0 Å². The van der Waals surface area contributed by atoms with Gasteiger partial charge in [-0.25, -0.2) is 4.79 Å². The normalized spacial score (nSPS) is 19.4. The monoisotopic (exact) mass is 352 g/mol. The summed E-state index contributed by atoms with van der Waals surface area (Å²) in [7, 11) is 3.41. The van der Waals surface area contributed by atoms with Crippen LogP contribution in [0.15, 0.2) is 0 Å². The van der Waals surface area contributed by atoms with Gasteiger partial charge in [0.2, 0.25) is 11.8 Å². The van der Waals surface area contributed by atoms with Gasteiger partial charge in [-0.2, -0.15) is 0 Å². The second-order valence-electron chi connectivity index (χ2n) is 7.37. The first-order valence-electron chi connectivity index (χ1n) is 9.50. The lowest BCUT2D eigenvalue weighted by molar-refractivity contribution is -0.128. The van der Waals surface area contributed by atoms with E-state index in [0.29, 0.717) is 26.1 Å². The van der Waals surface area contributed by atoms with Gasteiger partial charge in [0.15, 0.2) is 0 Å². The number of rotatable bonds is 5. The molecular weight excluding hydrogens is 320 g/mol. The molecule has 0 atom stereocenters. The largest absolute Gasteiger partial charge is 0.353 e. The number of amides is 4. The van der Waals surface area contributed by atoms with Crippen LogP contribution in [0.5, 0.6) is 0 Å². The maximum Gasteiger partial charge on any atom is 0.317 e. The van der Waals surface area contributed by atoms with Crippen LogP contribution in [0, 0.1) is 5.92 Å². The SMILES string of the molecule is CN(C)C(=O)CCNC(=O)N1CCC(NC(=O)C2CCCCC2)CC1. The Morgan fingerprint density at radius 3 is 2.24 bits per heavy atom. The molecule has 0 bridgehead atoms. The zero-order chi connectivity index (χ0) is 18.2. The van der Waals surface area contributed by atoms with E-state index in [9.17, 15) is 14.4 Å². The van der Waals surface area contributed by atoms with Crippen molar-refractivity contribution in [2.75, 3.05) is 33.7 Å². The Balaban J connectivity index is 1.64. The second kappa shape index (κ2) is 9.63. The predicted octanol–water partition coefficient (Wildman–Crippen LogP) is 1.34. The molecule has 25 heavy (non-hydrogen) atoms. The van der Waals surface area contributed by atoms with Gasteiger partial charge < -0.3 is 20.4 Å². The van der Waals surface area contributed by atoms with Crippen LogP contribution in [-0.2, 0) is 9.59 Å². The molecule has 0 aromatic carbocycles. The highest BCUT2D eigenvalue weighted by Crippen LogP contribution is 2.24. The van der Waals surface area contributed by atoms with Crippen LogP contribution < -0.4 is 10.6 Å². The van der Waals surface area contributed by atoms with E-state index >= 15 is 0 Å². The Hall–Kier alpha value is -1.79. The smallest absolute Gasteiger partial charge is 0.317 e. The van der Waals surface area contributed by atoms with E-state index < -0.39 is 0 Å². The first-order chi connectivity index (χ1) is 12.0. The van der Waals surface area contributed by atoms with E-state index in [1.165, 1.54) is 11.3 Å². The zero-order valence-electron chi connectivity index (χ0n) is 15.6. The molecule has 1 saturated carbocycles. The van der Waals surface area contributed by atoms with Gasteiger partial charge in [0.05, 0.1) is 0 Å². The zero-order valence-corrected chi connectivity index (χ0v) is 15.6. The van der Waals surface area contributed by atoms with Crippen LogP contribution in [-0.4, -0.2) is 67.4 Å². The van der Waals surface area contributed by atoms with Crippen molar-refractivity contribution in [3.05, 3.63) is 0 Å². The van der Waals surface area contributed by atoms with Crippen LogP contribution in [0.3, 0.4) is 0 Å². The minimum atomic E-state index is -0.122. The molecule has 1 aliphatic carbocycles. The molecule has 7 nitrogen and oxygen atoms in total. The Morgan fingerprint density at radius 2 is 1.64 bits per heavy atom. The minimum absolute atomic E-state index is 0.00410. The van der Waals surface area contributed by atoms with Crippen LogP contribution >= 0.6 is 0 Å². The van der Waals surface area contributed by atoms with Gasteiger partial charge in [-0.3, -0.25) is 9.59 Å². The number of hydrogen-bond donors (Lipinski definition) is 2. The van der Waals surface area contributed by atoms with Crippen molar-refractivity contribution in [3.8, 4) is 0 Å². The molecule has 1 saturated heterocycles. The summed E-state index contributed by atoms with van der Waals surface area (Å²) in [6, 6.07) is 0.0532. The van der Waals surface area contributed by atoms with E-state index in [2.05, 4.69) is 10.6 Å². The first kappa shape index (κ1) is 19.5. The van der Waals surface area contributed by atoms with Crippen molar-refractivity contribution in [1.29, 1.82) is 0 Å². The molecule has 7 heteroatoms. The second-order valence-corrected chi connectivity index (χ2v) is 7.37. The Kier molecular flexibility index (Phi) is 7.52. The van der Waals surface area contributed by atoms with Gasteiger partial charge in [0.25, 0.3) is 0 Å². The quantitative estimate of drug-likeness (QED) is 0.783. The van der Waals surface area contributed by atoms with Crippen molar-refractivity contribution >= 4 is 17.8 Å². The third kappa shape index (κ3) is 6.21. The molecule has 1 aliphatic heterocycles. The highest BCUT2D eigenvalue weighted by molar-refractivity contribution is 5.79. The molecule has 0 aromatic heterocycles. The van der Waals surface area contributed by atoms with E-state index in [4.69, 9.17) is 0 Å². The molecule has 2 N–H and O–H groups in total. The number of likely N-dealkylation sites (tertiary alicyclic amines) is 1. The Morgan fingerprint density at radius 1 is 1.00 bits per heavy atom. The number of urea groups is 1. The molecule has 142 valence electrons. The number of carbonyl (C=O) groups excluding carboxylic acids is 3. The Bertz CT molecular complexity index is 467. The van der Waals surface area contributed by atoms with E-state index in [1.54, 1.807) is 19.0 Å². The summed E-state index contributed by atoms with van der Waals surface area (Å²) in [4.78, 5) is 39.2. The van der Waals surface area contributed by atoms with Gasteiger partial charge in [-0.05, 0) is 25.7 Å². The van der Waals surface area contributed by atoms with Crippen molar-refractivity contribution in [1.82, 2.24) is 20.4 Å². The topological polar surface area (TPSA) is 81.8 Å². The van der Waals surface area contributed by atoms with Crippen molar-refractivity contribution < 1.29 is 14.4 Å². The van der Waals surface area contributed by atoms with Crippen LogP contribution in [0.1, 0.15) is 51.4 Å². The lowest BCUT2D eigenvalue weighted by Gasteiger charge is -2.33. The molecule has 0 spiro atoms. The summed E-state index contributed by atoms with van der Waals surface area (Å²) < 4.78 is 0. The molecule has 0 aromatic rings. The fourth-order valence-corrected chi connectivity index (χ4v) is 3.52. The fourth-order valence-electron chi connectivity index (χ4n) is 3.52. The van der Waals surface area contributed by atoms with Gasteiger partial charge in [0.1, 0.15) is 0 Å². The highest BCUT2D eigenvalue weighted by atomic mass is 16.2. The average Bonchev–Trinajstić information content (AvgIpc) is 2.62. The Labute approximate surface area is 150 Å². The fraction of sp³-hybridized carbons (Fsp3) is 0.833. The summed E-state index contributed by atoms with van der Waals surface area (Å²) in [6.45, 7) is 1.64. The van der Waals surface area contributed by atoms with E-state index in [0.717, 1.165) is 38.5 Å². The maximum atomic E-state index is 12.3. The average molecular weight is 352 g/mol. The summed E-state index contributed by atoms with van der Waals surface area (Å²) >= 11 is 0. The predicted molar refractivity (Wildman–Crippen MR) is 96.0 cm³/mol. The summed E-state index contributed by atoms with van der Waals surface area (Å²) in [5.41, 5.74) is 0. The summed E-state index contributed by atoms with van der Waals surface area (Å²) in [6.07, 6.45) is 7.49. The van der Waals surface area contributed by atoms with E-state index in [1.807, 2.05) is 0 Å². The summed E-state index contributed by atoms with van der Waals surface area (Å²) in [5.74, 6) is 0.388. The standard InChI is InChI=1S/C18H32N4O3/c1-21(2)16(23)8-11-19-18(25)22-12-9-15(10-13-22)20-17(24)14-6-4-3-5-7-14/h14-15H,3-13H2,1-2H3,(H,19,25)(H,20,24). The molecule has 2 aliphatic rings. The third-order valence-electron chi connectivity index (χ3n) is 5.22. The summed E-state index contributed by atoms with van der Waals surface area (Å²) in [5, 5.41) is 5.97. The van der Waals surface area contributed by atoms with E-state index in [-0.39, 0.29) is 29.8 Å². The number of carbonyl (C=O) groups is 3. The molecule has 2 rings (SSSR count). The maximum absolute atomic E-state index is 12.3. The first-order valence-corrected chi connectivity index (χ1v) is 9.50. The molecule has 2 fully saturated rings. The lowest BCUT2D eigenvalue weighted by atomic mass is 9.88. The molecule has 0 unspecified atom stereocenters. The number of piperidine rings is 1.